The second-order valence-electron chi connectivity index (χ2n) is 27.0. The van der Waals surface area contributed by atoms with Crippen molar-refractivity contribution in [1.29, 1.82) is 0 Å². The summed E-state index contributed by atoms with van der Waals surface area (Å²) in [7, 11) is 1.63. The Morgan fingerprint density at radius 3 is 1.01 bits per heavy atom. The molecule has 0 aliphatic rings. The molecule has 3 unspecified atom stereocenters. The number of unbranched alkanes of at least 4 members (excludes halogenated alkanes) is 45. The van der Waals surface area contributed by atoms with Gasteiger partial charge in [-0.2, -0.15) is 0 Å². The van der Waals surface area contributed by atoms with Crippen LogP contribution in [0.4, 0.5) is 0 Å². The third-order valence-electron chi connectivity index (χ3n) is 17.2. The summed E-state index contributed by atoms with van der Waals surface area (Å²) in [5.41, 5.74) is 0. The van der Waals surface area contributed by atoms with E-state index in [9.17, 15) is 19.4 Å². The first kappa shape index (κ1) is 84.9. The molecule has 0 aliphatic heterocycles. The van der Waals surface area contributed by atoms with E-state index in [1.54, 1.807) is 0 Å². The summed E-state index contributed by atoms with van der Waals surface area (Å²) in [6.07, 6.45) is 96.0. The second kappa shape index (κ2) is 68.3. The van der Waals surface area contributed by atoms with E-state index < -0.39 is 20.0 Å². The van der Waals surface area contributed by atoms with E-state index in [1.165, 1.54) is 263 Å². The number of aliphatic hydroxyl groups excluding tert-OH is 1. The van der Waals surface area contributed by atoms with Crippen molar-refractivity contribution < 1.29 is 32.9 Å². The van der Waals surface area contributed by atoms with Crippen molar-refractivity contribution in [1.82, 2.24) is 5.32 Å². The Bertz CT molecular complexity index is 1650. The van der Waals surface area contributed by atoms with Gasteiger partial charge in [-0.05, 0) is 64.2 Å². The second-order valence-corrected chi connectivity index (χ2v) is 28.5. The molecule has 1 amide bonds. The largest absolute Gasteiger partial charge is 0.472 e. The van der Waals surface area contributed by atoms with E-state index in [0.29, 0.717) is 23.9 Å². The highest BCUT2D eigenvalue weighted by molar-refractivity contribution is 7.47. The fraction of sp³-hybridized carbons (Fsp3) is 0.833. The molecule has 0 aliphatic carbocycles. The Balaban J connectivity index is 3.95. The molecule has 0 spiro atoms. The summed E-state index contributed by atoms with van der Waals surface area (Å²) < 4.78 is 23.9. The van der Waals surface area contributed by atoms with Crippen LogP contribution in [0.1, 0.15) is 367 Å². The van der Waals surface area contributed by atoms with Crippen LogP contribution in [0.15, 0.2) is 72.9 Å². The average Bonchev–Trinajstić information content (AvgIpc) is 3.69. The lowest BCUT2D eigenvalue weighted by molar-refractivity contribution is -0.870. The smallest absolute Gasteiger partial charge is 0.391 e. The number of aliphatic hydroxyl groups is 1. The number of carbonyl (C=O) groups is 1. The molecule has 3 atom stereocenters. The number of quaternary nitrogens is 1. The minimum absolute atomic E-state index is 0.0754. The van der Waals surface area contributed by atoms with Gasteiger partial charge in [-0.1, -0.05) is 369 Å². The van der Waals surface area contributed by atoms with E-state index >= 15 is 0 Å². The third-order valence-corrected chi connectivity index (χ3v) is 18.2. The minimum atomic E-state index is -4.33. The van der Waals surface area contributed by atoms with Crippen molar-refractivity contribution in [3.63, 3.8) is 0 Å². The zero-order chi connectivity index (χ0) is 63.4. The number of carbonyl (C=O) groups excluding carboxylic acids is 1. The van der Waals surface area contributed by atoms with Crippen molar-refractivity contribution >= 4 is 13.7 Å². The Morgan fingerprint density at radius 2 is 0.690 bits per heavy atom. The molecule has 0 bridgehead atoms. The summed E-state index contributed by atoms with van der Waals surface area (Å²) in [5, 5.41) is 14.2. The zero-order valence-corrected chi connectivity index (χ0v) is 59.4. The van der Waals surface area contributed by atoms with Gasteiger partial charge in [0.2, 0.25) is 5.91 Å². The Labute approximate surface area is 542 Å². The molecule has 0 radical (unpaired) electrons. The fourth-order valence-electron chi connectivity index (χ4n) is 11.4. The molecular weight excluding hydrogens is 1090 g/mol. The Kier molecular flexibility index (Phi) is 66.7. The van der Waals surface area contributed by atoms with Gasteiger partial charge in [-0.3, -0.25) is 13.8 Å². The Morgan fingerprint density at radius 1 is 0.402 bits per heavy atom. The van der Waals surface area contributed by atoms with Crippen LogP contribution in [0.3, 0.4) is 0 Å². The molecule has 87 heavy (non-hydrogen) atoms. The standard InChI is InChI=1S/C78H147N2O6P/c1-6-8-10-12-14-16-18-20-22-24-26-28-30-32-34-35-36-37-38-39-40-41-42-43-44-45-46-48-50-52-54-56-58-60-62-64-66-68-70-72-78(82)79-76(75-86-87(83,84)85-74-73-80(3,4)5)77(81)71-69-67-65-63-61-59-57-55-53-51-49-47-33-31-29-27-25-23-21-19-17-15-13-11-9-7-2/h8,10,14,16,20,22,26,28,32,34,36-37,76-77,81H,6-7,9,11-13,15,17-19,21,23-25,27,29-31,33,35,38-75H2,1-5H3,(H-,79,82,83,84)/p+1/b10-8-,16-14-,22-20-,28-26-,34-32-,37-36-. The van der Waals surface area contributed by atoms with Gasteiger partial charge < -0.3 is 19.8 Å². The van der Waals surface area contributed by atoms with Crippen LogP contribution < -0.4 is 5.32 Å². The molecular formula is C78H148N2O6P+. The van der Waals surface area contributed by atoms with E-state index in [4.69, 9.17) is 9.05 Å². The normalized spacial score (nSPS) is 14.0. The number of phosphoric ester groups is 1. The Hall–Kier alpha value is -2.06. The first-order valence-electron chi connectivity index (χ1n) is 37.8. The molecule has 0 saturated heterocycles. The van der Waals surface area contributed by atoms with Crippen LogP contribution in [0, 0.1) is 0 Å². The quantitative estimate of drug-likeness (QED) is 0.0243. The van der Waals surface area contributed by atoms with Crippen molar-refractivity contribution in [3.05, 3.63) is 72.9 Å². The van der Waals surface area contributed by atoms with Crippen molar-refractivity contribution in [2.45, 2.75) is 379 Å². The molecule has 510 valence electrons. The number of hydrogen-bond donors (Lipinski definition) is 3. The first-order chi connectivity index (χ1) is 42.5. The van der Waals surface area contributed by atoms with Gasteiger partial charge >= 0.3 is 7.82 Å². The van der Waals surface area contributed by atoms with Gasteiger partial charge in [0.15, 0.2) is 0 Å². The van der Waals surface area contributed by atoms with Crippen LogP contribution >= 0.6 is 7.82 Å². The first-order valence-corrected chi connectivity index (χ1v) is 39.3. The van der Waals surface area contributed by atoms with Gasteiger partial charge in [0.1, 0.15) is 13.2 Å². The van der Waals surface area contributed by atoms with Crippen LogP contribution in [0.2, 0.25) is 0 Å². The molecule has 0 rings (SSSR count). The molecule has 0 saturated carbocycles. The number of nitrogens with zero attached hydrogens (tertiary/aromatic N) is 1. The number of amides is 1. The van der Waals surface area contributed by atoms with Gasteiger partial charge in [0, 0.05) is 6.42 Å². The zero-order valence-electron chi connectivity index (χ0n) is 58.5. The lowest BCUT2D eigenvalue weighted by Crippen LogP contribution is -2.46. The molecule has 0 aromatic rings. The third kappa shape index (κ3) is 71.2. The van der Waals surface area contributed by atoms with Gasteiger partial charge in [0.05, 0.1) is 39.9 Å². The summed E-state index contributed by atoms with van der Waals surface area (Å²) in [5.74, 6) is -0.138. The van der Waals surface area contributed by atoms with E-state index in [2.05, 4.69) is 92.1 Å². The number of nitrogens with one attached hydrogen (secondary N) is 1. The van der Waals surface area contributed by atoms with Crippen molar-refractivity contribution in [2.24, 2.45) is 0 Å². The van der Waals surface area contributed by atoms with Crippen molar-refractivity contribution in [3.8, 4) is 0 Å². The van der Waals surface area contributed by atoms with Gasteiger partial charge in [-0.15, -0.1) is 0 Å². The summed E-state index contributed by atoms with van der Waals surface area (Å²) in [6, 6.07) is -0.763. The molecule has 0 heterocycles. The molecule has 0 aromatic carbocycles. The lowest BCUT2D eigenvalue weighted by Gasteiger charge is -2.26. The van der Waals surface area contributed by atoms with E-state index in [-0.39, 0.29) is 19.1 Å². The van der Waals surface area contributed by atoms with E-state index in [1.807, 2.05) is 21.1 Å². The van der Waals surface area contributed by atoms with Crippen LogP contribution in [-0.2, 0) is 18.4 Å². The maximum atomic E-state index is 13.1. The highest BCUT2D eigenvalue weighted by Crippen LogP contribution is 2.43. The van der Waals surface area contributed by atoms with Crippen LogP contribution in [0.25, 0.3) is 0 Å². The predicted octanol–water partition coefficient (Wildman–Crippen LogP) is 24.5. The summed E-state index contributed by atoms with van der Waals surface area (Å²) >= 11 is 0. The summed E-state index contributed by atoms with van der Waals surface area (Å²) in [6.45, 7) is 4.83. The highest BCUT2D eigenvalue weighted by Gasteiger charge is 2.28. The number of phosphoric acid groups is 1. The van der Waals surface area contributed by atoms with Gasteiger partial charge in [-0.25, -0.2) is 4.57 Å². The van der Waals surface area contributed by atoms with Crippen LogP contribution in [-0.4, -0.2) is 73.4 Å². The SMILES string of the molecule is CC/C=C\C/C=C\C/C=C\C/C=C\C/C=C\C/C=C\CCCCCCCCCCCCCCCCCCCCCCC(=O)NC(COP(=O)(O)OCC[N+](C)(C)C)C(O)CCCCCCCCCCCCCCCCCCCCCCCCCCCC. The molecule has 9 heteroatoms. The summed E-state index contributed by atoms with van der Waals surface area (Å²) in [4.78, 5) is 23.5. The maximum absolute atomic E-state index is 13.1. The predicted molar refractivity (Wildman–Crippen MR) is 383 cm³/mol. The van der Waals surface area contributed by atoms with Crippen molar-refractivity contribution in [2.75, 3.05) is 40.9 Å². The van der Waals surface area contributed by atoms with Gasteiger partial charge in [0.25, 0.3) is 0 Å². The topological polar surface area (TPSA) is 105 Å². The monoisotopic (exact) mass is 1240 g/mol. The minimum Gasteiger partial charge on any atom is -0.391 e. The lowest BCUT2D eigenvalue weighted by atomic mass is 10.0. The molecule has 3 N–H and O–H groups in total. The molecule has 8 nitrogen and oxygen atoms in total. The maximum Gasteiger partial charge on any atom is 0.472 e. The molecule has 0 aromatic heterocycles. The average molecular weight is 1240 g/mol. The number of likely N-dealkylation sites (N-methyl/N-ethyl adjacent to an activating group) is 1. The number of rotatable bonds is 70. The highest BCUT2D eigenvalue weighted by atomic mass is 31.2. The number of allylic oxidation sites excluding steroid dienone is 12. The molecule has 0 fully saturated rings. The fourth-order valence-corrected chi connectivity index (χ4v) is 12.1. The van der Waals surface area contributed by atoms with E-state index in [0.717, 1.165) is 77.0 Å². The van der Waals surface area contributed by atoms with Crippen LogP contribution in [0.5, 0.6) is 0 Å². The number of hydrogen-bond acceptors (Lipinski definition) is 5.